The normalized spacial score (nSPS) is 17.6. The second kappa shape index (κ2) is 6.37. The molecule has 0 spiro atoms. The summed E-state index contributed by atoms with van der Waals surface area (Å²) in [5.74, 6) is -0.169. The van der Waals surface area contributed by atoms with Crippen LogP contribution in [0.2, 0.25) is 0 Å². The Balaban J connectivity index is 2.05. The van der Waals surface area contributed by atoms with E-state index in [4.69, 9.17) is 4.74 Å². The lowest BCUT2D eigenvalue weighted by Crippen LogP contribution is -2.56. The zero-order valence-corrected chi connectivity index (χ0v) is 12.6. The van der Waals surface area contributed by atoms with Crippen molar-refractivity contribution in [3.8, 4) is 0 Å². The number of hydrogen-bond donors (Lipinski definition) is 1. The first-order valence-corrected chi connectivity index (χ1v) is 7.30. The van der Waals surface area contributed by atoms with Crippen LogP contribution in [-0.2, 0) is 22.6 Å². The van der Waals surface area contributed by atoms with E-state index in [1.807, 2.05) is 20.8 Å². The number of nitrogens with zero attached hydrogens (tertiary/aromatic N) is 1. The lowest BCUT2D eigenvalue weighted by atomic mass is 10.0. The fourth-order valence-corrected chi connectivity index (χ4v) is 2.84. The summed E-state index contributed by atoms with van der Waals surface area (Å²) in [6.07, 6.45) is 0. The molecule has 20 heavy (non-hydrogen) atoms. The Morgan fingerprint density at radius 3 is 2.40 bits per heavy atom. The van der Waals surface area contributed by atoms with E-state index in [1.165, 1.54) is 11.1 Å². The summed E-state index contributed by atoms with van der Waals surface area (Å²) >= 11 is 0. The Hall–Kier alpha value is -1.39. The van der Waals surface area contributed by atoms with E-state index in [1.54, 1.807) is 0 Å². The van der Waals surface area contributed by atoms with E-state index in [0.717, 1.165) is 19.6 Å². The van der Waals surface area contributed by atoms with Crippen LogP contribution < -0.4 is 5.32 Å². The number of carbonyl (C=O) groups is 1. The molecule has 0 aliphatic carbocycles. The first-order chi connectivity index (χ1) is 9.59. The molecule has 0 saturated heterocycles. The van der Waals surface area contributed by atoms with E-state index in [0.29, 0.717) is 13.2 Å². The molecule has 0 radical (unpaired) electrons. The van der Waals surface area contributed by atoms with Crippen LogP contribution in [0.3, 0.4) is 0 Å². The van der Waals surface area contributed by atoms with Crippen LogP contribution in [0.5, 0.6) is 0 Å². The highest BCUT2D eigenvalue weighted by atomic mass is 16.5. The number of fused-ring (bicyclic) bond motifs is 1. The summed E-state index contributed by atoms with van der Waals surface area (Å²) in [5.41, 5.74) is 2.07. The van der Waals surface area contributed by atoms with E-state index < -0.39 is 5.54 Å². The van der Waals surface area contributed by atoms with Crippen molar-refractivity contribution in [2.24, 2.45) is 0 Å². The topological polar surface area (TPSA) is 41.6 Å². The fraction of sp³-hybridized carbons (Fsp3) is 0.562. The van der Waals surface area contributed by atoms with Crippen LogP contribution in [0.25, 0.3) is 0 Å². The van der Waals surface area contributed by atoms with Crippen molar-refractivity contribution in [3.63, 3.8) is 0 Å². The Kier molecular flexibility index (Phi) is 4.78. The minimum atomic E-state index is -0.646. The molecule has 1 aliphatic rings. The van der Waals surface area contributed by atoms with Gasteiger partial charge in [-0.2, -0.15) is 0 Å². The van der Waals surface area contributed by atoms with Gasteiger partial charge in [0.15, 0.2) is 0 Å². The fourth-order valence-electron chi connectivity index (χ4n) is 2.84. The molecule has 0 saturated carbocycles. The minimum Gasteiger partial charge on any atom is -0.465 e. The van der Waals surface area contributed by atoms with E-state index >= 15 is 0 Å². The van der Waals surface area contributed by atoms with E-state index in [-0.39, 0.29) is 5.97 Å². The zero-order valence-electron chi connectivity index (χ0n) is 12.6. The SMILES string of the molecule is CCNC(C)(CN1Cc2ccccc2C1)C(=O)OCC. The summed E-state index contributed by atoms with van der Waals surface area (Å²) in [5, 5.41) is 3.28. The van der Waals surface area contributed by atoms with Crippen molar-refractivity contribution in [1.29, 1.82) is 0 Å². The smallest absolute Gasteiger partial charge is 0.327 e. The molecule has 1 unspecified atom stereocenters. The van der Waals surface area contributed by atoms with Crippen molar-refractivity contribution >= 4 is 5.97 Å². The van der Waals surface area contributed by atoms with Crippen LogP contribution in [0.1, 0.15) is 31.9 Å². The number of carbonyl (C=O) groups excluding carboxylic acids is 1. The van der Waals surface area contributed by atoms with Gasteiger partial charge < -0.3 is 10.1 Å². The predicted molar refractivity (Wildman–Crippen MR) is 79.3 cm³/mol. The summed E-state index contributed by atoms with van der Waals surface area (Å²) < 4.78 is 5.22. The average molecular weight is 276 g/mol. The molecule has 0 amide bonds. The third-order valence-corrected chi connectivity index (χ3v) is 3.74. The molecule has 2 rings (SSSR count). The average Bonchev–Trinajstić information content (AvgIpc) is 2.81. The molecule has 110 valence electrons. The Bertz CT molecular complexity index is 450. The van der Waals surface area contributed by atoms with Crippen LogP contribution >= 0.6 is 0 Å². The standard InChI is InChI=1S/C16H24N2O2/c1-4-17-16(3,15(19)20-5-2)12-18-10-13-8-6-7-9-14(13)11-18/h6-9,17H,4-5,10-12H2,1-3H3. The van der Waals surface area contributed by atoms with Crippen molar-refractivity contribution in [3.05, 3.63) is 35.4 Å². The van der Waals surface area contributed by atoms with Crippen molar-refractivity contribution in [2.45, 2.75) is 39.4 Å². The molecular formula is C16H24N2O2. The summed E-state index contributed by atoms with van der Waals surface area (Å²) in [6, 6.07) is 8.45. The first-order valence-electron chi connectivity index (χ1n) is 7.30. The second-order valence-corrected chi connectivity index (χ2v) is 5.50. The lowest BCUT2D eigenvalue weighted by Gasteiger charge is -2.32. The number of benzene rings is 1. The monoisotopic (exact) mass is 276 g/mol. The van der Waals surface area contributed by atoms with Gasteiger partial charge in [0.05, 0.1) is 6.61 Å². The third-order valence-electron chi connectivity index (χ3n) is 3.74. The molecule has 4 nitrogen and oxygen atoms in total. The zero-order chi connectivity index (χ0) is 14.6. The van der Waals surface area contributed by atoms with Gasteiger partial charge in [-0.15, -0.1) is 0 Å². The van der Waals surface area contributed by atoms with Gasteiger partial charge >= 0.3 is 5.97 Å². The van der Waals surface area contributed by atoms with Crippen molar-refractivity contribution in [2.75, 3.05) is 19.7 Å². The Labute approximate surface area is 121 Å². The molecule has 1 heterocycles. The van der Waals surface area contributed by atoms with Crippen molar-refractivity contribution in [1.82, 2.24) is 10.2 Å². The number of nitrogens with one attached hydrogen (secondary N) is 1. The van der Waals surface area contributed by atoms with Gasteiger partial charge in [0, 0.05) is 19.6 Å². The van der Waals surface area contributed by atoms with Gasteiger partial charge in [0.25, 0.3) is 0 Å². The van der Waals surface area contributed by atoms with Crippen LogP contribution in [0.4, 0.5) is 0 Å². The lowest BCUT2D eigenvalue weighted by molar-refractivity contribution is -0.151. The van der Waals surface area contributed by atoms with Crippen molar-refractivity contribution < 1.29 is 9.53 Å². The van der Waals surface area contributed by atoms with Crippen LogP contribution in [-0.4, -0.2) is 36.1 Å². The largest absolute Gasteiger partial charge is 0.465 e. The maximum atomic E-state index is 12.2. The number of hydrogen-bond acceptors (Lipinski definition) is 4. The number of esters is 1. The molecule has 1 N–H and O–H groups in total. The molecule has 4 heteroatoms. The molecule has 0 fully saturated rings. The molecule has 0 aromatic heterocycles. The highest BCUT2D eigenvalue weighted by Gasteiger charge is 2.37. The highest BCUT2D eigenvalue weighted by Crippen LogP contribution is 2.24. The second-order valence-electron chi connectivity index (χ2n) is 5.50. The molecule has 1 aromatic rings. The number of likely N-dealkylation sites (N-methyl/N-ethyl adjacent to an activating group) is 1. The summed E-state index contributed by atoms with van der Waals surface area (Å²) in [4.78, 5) is 14.5. The minimum absolute atomic E-state index is 0.169. The van der Waals surface area contributed by atoms with Gasteiger partial charge in [-0.25, -0.2) is 0 Å². The predicted octanol–water partition coefficient (Wildman–Crippen LogP) is 1.93. The maximum Gasteiger partial charge on any atom is 0.327 e. The highest BCUT2D eigenvalue weighted by molar-refractivity contribution is 5.80. The Morgan fingerprint density at radius 1 is 1.30 bits per heavy atom. The van der Waals surface area contributed by atoms with Gasteiger partial charge in [0.1, 0.15) is 5.54 Å². The molecule has 1 aromatic carbocycles. The van der Waals surface area contributed by atoms with E-state index in [9.17, 15) is 4.79 Å². The van der Waals surface area contributed by atoms with E-state index in [2.05, 4.69) is 34.5 Å². The van der Waals surface area contributed by atoms with Gasteiger partial charge in [-0.1, -0.05) is 31.2 Å². The van der Waals surface area contributed by atoms with Gasteiger partial charge in [-0.3, -0.25) is 9.69 Å². The number of ether oxygens (including phenoxy) is 1. The first kappa shape index (κ1) is 15.0. The number of rotatable bonds is 6. The quantitative estimate of drug-likeness (QED) is 0.806. The Morgan fingerprint density at radius 2 is 1.90 bits per heavy atom. The molecule has 0 bridgehead atoms. The molecular weight excluding hydrogens is 252 g/mol. The summed E-state index contributed by atoms with van der Waals surface area (Å²) in [7, 11) is 0. The summed E-state index contributed by atoms with van der Waals surface area (Å²) in [6.45, 7) is 9.40. The molecule has 1 aliphatic heterocycles. The molecule has 1 atom stereocenters. The van der Waals surface area contributed by atoms with Crippen LogP contribution in [0.15, 0.2) is 24.3 Å². The third kappa shape index (κ3) is 3.19. The van der Waals surface area contributed by atoms with Gasteiger partial charge in [0.2, 0.25) is 0 Å². The maximum absolute atomic E-state index is 12.2. The van der Waals surface area contributed by atoms with Crippen LogP contribution in [0, 0.1) is 0 Å². The van der Waals surface area contributed by atoms with Gasteiger partial charge in [-0.05, 0) is 31.5 Å².